The molecule has 0 amide bonds. The van der Waals surface area contributed by atoms with E-state index >= 15 is 0 Å². The third-order valence-electron chi connectivity index (χ3n) is 3.16. The van der Waals surface area contributed by atoms with Crippen LogP contribution in [0.15, 0.2) is 24.3 Å². The van der Waals surface area contributed by atoms with Crippen molar-refractivity contribution in [2.75, 3.05) is 6.54 Å². The maximum Gasteiger partial charge on any atom is 0.0406 e. The molecule has 84 valence electrons. The van der Waals surface area contributed by atoms with Gasteiger partial charge in [0.2, 0.25) is 0 Å². The highest BCUT2D eigenvalue weighted by Crippen LogP contribution is 2.35. The van der Waals surface area contributed by atoms with E-state index in [2.05, 4.69) is 31.3 Å². The molecule has 1 atom stereocenters. The normalized spacial score (nSPS) is 23.5. The summed E-state index contributed by atoms with van der Waals surface area (Å²) in [7, 11) is 0. The van der Waals surface area contributed by atoms with Gasteiger partial charge in [-0.2, -0.15) is 0 Å². The molecule has 1 aliphatic rings. The van der Waals surface area contributed by atoms with Gasteiger partial charge in [0.1, 0.15) is 0 Å². The molecule has 1 nitrogen and oxygen atoms in total. The standard InChI is InChI=1S/C12H16ClN.ClH/c1-12(2)11(7-8-14-12)9-3-5-10(13)6-4-9;/h3-6,11,14H,7-8H2,1-2H3;1H. The summed E-state index contributed by atoms with van der Waals surface area (Å²) in [6, 6.07) is 8.24. The van der Waals surface area contributed by atoms with Crippen molar-refractivity contribution in [1.29, 1.82) is 0 Å². The quantitative estimate of drug-likeness (QED) is 0.798. The Labute approximate surface area is 103 Å². The van der Waals surface area contributed by atoms with Crippen molar-refractivity contribution in [2.24, 2.45) is 0 Å². The Kier molecular flexibility index (Phi) is 4.05. The van der Waals surface area contributed by atoms with Gasteiger partial charge in [-0.1, -0.05) is 23.7 Å². The smallest absolute Gasteiger partial charge is 0.0406 e. The highest BCUT2D eigenvalue weighted by molar-refractivity contribution is 6.30. The maximum absolute atomic E-state index is 5.87. The number of halogens is 2. The number of nitrogens with one attached hydrogen (secondary N) is 1. The third-order valence-corrected chi connectivity index (χ3v) is 3.41. The Balaban J connectivity index is 0.00000112. The van der Waals surface area contributed by atoms with E-state index in [4.69, 9.17) is 11.6 Å². The average Bonchev–Trinajstić information content (AvgIpc) is 2.47. The van der Waals surface area contributed by atoms with Gasteiger partial charge in [0.25, 0.3) is 0 Å². The molecule has 1 heterocycles. The van der Waals surface area contributed by atoms with Crippen LogP contribution >= 0.6 is 24.0 Å². The van der Waals surface area contributed by atoms with E-state index in [1.807, 2.05) is 12.1 Å². The van der Waals surface area contributed by atoms with Crippen LogP contribution in [0.5, 0.6) is 0 Å². The number of rotatable bonds is 1. The summed E-state index contributed by atoms with van der Waals surface area (Å²) in [5.74, 6) is 0.611. The van der Waals surface area contributed by atoms with Gasteiger partial charge in [-0.25, -0.2) is 0 Å². The van der Waals surface area contributed by atoms with E-state index < -0.39 is 0 Å². The first-order valence-electron chi connectivity index (χ1n) is 5.10. The predicted molar refractivity (Wildman–Crippen MR) is 68.1 cm³/mol. The summed E-state index contributed by atoms with van der Waals surface area (Å²) in [5, 5.41) is 4.34. The zero-order valence-corrected chi connectivity index (χ0v) is 10.7. The molecule has 1 unspecified atom stereocenters. The van der Waals surface area contributed by atoms with Crippen LogP contribution in [-0.4, -0.2) is 12.1 Å². The molecule has 15 heavy (non-hydrogen) atoms. The topological polar surface area (TPSA) is 12.0 Å². The second-order valence-electron chi connectivity index (χ2n) is 4.54. The Morgan fingerprint density at radius 1 is 1.27 bits per heavy atom. The minimum Gasteiger partial charge on any atom is -0.311 e. The Morgan fingerprint density at radius 2 is 1.87 bits per heavy atom. The fourth-order valence-corrected chi connectivity index (χ4v) is 2.43. The van der Waals surface area contributed by atoms with E-state index in [-0.39, 0.29) is 17.9 Å². The lowest BCUT2D eigenvalue weighted by atomic mass is 9.83. The first kappa shape index (κ1) is 12.8. The highest BCUT2D eigenvalue weighted by atomic mass is 35.5. The molecule has 0 bridgehead atoms. The first-order chi connectivity index (χ1) is 6.59. The zero-order chi connectivity index (χ0) is 10.2. The molecule has 1 aromatic rings. The average molecular weight is 246 g/mol. The van der Waals surface area contributed by atoms with Crippen LogP contribution in [0.3, 0.4) is 0 Å². The van der Waals surface area contributed by atoms with Gasteiger partial charge in [0.05, 0.1) is 0 Å². The van der Waals surface area contributed by atoms with Crippen molar-refractivity contribution in [1.82, 2.24) is 5.32 Å². The molecule has 0 aromatic heterocycles. The van der Waals surface area contributed by atoms with Gasteiger partial charge in [0.15, 0.2) is 0 Å². The monoisotopic (exact) mass is 245 g/mol. The van der Waals surface area contributed by atoms with Crippen LogP contribution in [0, 0.1) is 0 Å². The van der Waals surface area contributed by atoms with Crippen molar-refractivity contribution in [3.8, 4) is 0 Å². The van der Waals surface area contributed by atoms with Crippen molar-refractivity contribution in [3.05, 3.63) is 34.9 Å². The van der Waals surface area contributed by atoms with Crippen LogP contribution in [0.25, 0.3) is 0 Å². The minimum atomic E-state index is 0. The Bertz CT molecular complexity index is 319. The number of hydrogen-bond donors (Lipinski definition) is 1. The second kappa shape index (κ2) is 4.73. The molecule has 1 N–H and O–H groups in total. The highest BCUT2D eigenvalue weighted by Gasteiger charge is 2.34. The Morgan fingerprint density at radius 3 is 2.33 bits per heavy atom. The lowest BCUT2D eigenvalue weighted by Crippen LogP contribution is -2.36. The molecule has 1 saturated heterocycles. The zero-order valence-electron chi connectivity index (χ0n) is 9.09. The second-order valence-corrected chi connectivity index (χ2v) is 4.98. The molecule has 1 aromatic carbocycles. The van der Waals surface area contributed by atoms with Crippen LogP contribution in [-0.2, 0) is 0 Å². The fourth-order valence-electron chi connectivity index (χ4n) is 2.30. The summed E-state index contributed by atoms with van der Waals surface area (Å²) in [4.78, 5) is 0. The fraction of sp³-hybridized carbons (Fsp3) is 0.500. The summed E-state index contributed by atoms with van der Waals surface area (Å²) >= 11 is 5.87. The molecule has 0 aliphatic carbocycles. The van der Waals surface area contributed by atoms with Crippen LogP contribution in [0.1, 0.15) is 31.7 Å². The molecule has 1 aliphatic heterocycles. The third kappa shape index (κ3) is 2.66. The maximum atomic E-state index is 5.87. The molecular formula is C12H17Cl2N. The van der Waals surface area contributed by atoms with Gasteiger partial charge < -0.3 is 5.32 Å². The van der Waals surface area contributed by atoms with E-state index in [9.17, 15) is 0 Å². The molecule has 3 heteroatoms. The SMILES string of the molecule is CC1(C)NCCC1c1ccc(Cl)cc1.Cl. The molecule has 2 rings (SSSR count). The number of benzene rings is 1. The lowest BCUT2D eigenvalue weighted by molar-refractivity contribution is 0.411. The van der Waals surface area contributed by atoms with Gasteiger partial charge in [-0.15, -0.1) is 12.4 Å². The van der Waals surface area contributed by atoms with Gasteiger partial charge in [-0.05, 0) is 44.5 Å². The van der Waals surface area contributed by atoms with E-state index in [0.29, 0.717) is 5.92 Å². The summed E-state index contributed by atoms with van der Waals surface area (Å²) in [6.07, 6.45) is 1.22. The minimum absolute atomic E-state index is 0. The lowest BCUT2D eigenvalue weighted by Gasteiger charge is -2.27. The first-order valence-corrected chi connectivity index (χ1v) is 5.48. The largest absolute Gasteiger partial charge is 0.311 e. The summed E-state index contributed by atoms with van der Waals surface area (Å²) in [6.45, 7) is 5.64. The van der Waals surface area contributed by atoms with E-state index in [1.165, 1.54) is 12.0 Å². The molecule has 1 fully saturated rings. The van der Waals surface area contributed by atoms with E-state index in [1.54, 1.807) is 0 Å². The van der Waals surface area contributed by atoms with Gasteiger partial charge in [-0.3, -0.25) is 0 Å². The van der Waals surface area contributed by atoms with Crippen molar-refractivity contribution >= 4 is 24.0 Å². The molecule has 0 spiro atoms. The molecule has 0 radical (unpaired) electrons. The van der Waals surface area contributed by atoms with Gasteiger partial charge >= 0.3 is 0 Å². The van der Waals surface area contributed by atoms with Crippen LogP contribution < -0.4 is 5.32 Å². The predicted octanol–water partition coefficient (Wildman–Crippen LogP) is 3.62. The van der Waals surface area contributed by atoms with Crippen molar-refractivity contribution in [2.45, 2.75) is 31.7 Å². The summed E-state index contributed by atoms with van der Waals surface area (Å²) < 4.78 is 0. The van der Waals surface area contributed by atoms with Crippen molar-refractivity contribution in [3.63, 3.8) is 0 Å². The van der Waals surface area contributed by atoms with E-state index in [0.717, 1.165) is 11.6 Å². The molecule has 0 saturated carbocycles. The van der Waals surface area contributed by atoms with Crippen LogP contribution in [0.4, 0.5) is 0 Å². The number of hydrogen-bond acceptors (Lipinski definition) is 1. The Hall–Kier alpha value is -0.240. The van der Waals surface area contributed by atoms with Gasteiger partial charge in [0, 0.05) is 16.5 Å². The summed E-state index contributed by atoms with van der Waals surface area (Å²) in [5.41, 5.74) is 1.61. The molecular weight excluding hydrogens is 229 g/mol. The van der Waals surface area contributed by atoms with Crippen molar-refractivity contribution < 1.29 is 0 Å². The van der Waals surface area contributed by atoms with Crippen LogP contribution in [0.2, 0.25) is 5.02 Å².